The average molecular weight is 229 g/mol. The van der Waals surface area contributed by atoms with E-state index in [2.05, 4.69) is 4.99 Å². The Bertz CT molecular complexity index is 600. The summed E-state index contributed by atoms with van der Waals surface area (Å²) in [5.41, 5.74) is 1.56. The van der Waals surface area contributed by atoms with Gasteiger partial charge in [-0.15, -0.1) is 0 Å². The molecule has 0 radical (unpaired) electrons. The van der Waals surface area contributed by atoms with Crippen molar-refractivity contribution in [2.45, 2.75) is 0 Å². The maximum atomic E-state index is 10.5. The Hall–Kier alpha value is -2.43. The maximum Gasteiger partial charge on any atom is 0.269 e. The summed E-state index contributed by atoms with van der Waals surface area (Å²) in [6.07, 6.45) is 1.89. The summed E-state index contributed by atoms with van der Waals surface area (Å²) in [5, 5.41) is 10.5. The molecule has 0 aliphatic rings. The van der Waals surface area contributed by atoms with Gasteiger partial charge in [0, 0.05) is 25.4 Å². The highest BCUT2D eigenvalue weighted by Crippen LogP contribution is 2.16. The van der Waals surface area contributed by atoms with Crippen LogP contribution in [0.15, 0.2) is 53.7 Å². The predicted molar refractivity (Wildman–Crippen MR) is 63.7 cm³/mol. The van der Waals surface area contributed by atoms with Crippen LogP contribution in [0.4, 0.5) is 11.4 Å². The number of aryl methyl sites for hydroxylation is 1. The zero-order valence-electron chi connectivity index (χ0n) is 9.28. The van der Waals surface area contributed by atoms with Crippen LogP contribution in [0, 0.1) is 10.1 Å². The van der Waals surface area contributed by atoms with Gasteiger partial charge in [0.2, 0.25) is 0 Å². The quantitative estimate of drug-likeness (QED) is 0.585. The first-order valence-electron chi connectivity index (χ1n) is 5.08. The molecular formula is C12H11N3O2. The fraction of sp³-hybridized carbons (Fsp3) is 0.0833. The van der Waals surface area contributed by atoms with Crippen LogP contribution in [0.3, 0.4) is 0 Å². The standard InChI is InChI=1S/C12H11N3O2/c1-14-9-3-2-4-12(14)13-10-5-7-11(8-6-10)15(16)17/h2-9H,1H3. The van der Waals surface area contributed by atoms with E-state index in [9.17, 15) is 10.1 Å². The minimum atomic E-state index is -0.424. The second-order valence-corrected chi connectivity index (χ2v) is 3.56. The molecule has 0 aliphatic heterocycles. The zero-order chi connectivity index (χ0) is 12.3. The van der Waals surface area contributed by atoms with Crippen LogP contribution < -0.4 is 5.49 Å². The van der Waals surface area contributed by atoms with Gasteiger partial charge in [0.1, 0.15) is 5.49 Å². The summed E-state index contributed by atoms with van der Waals surface area (Å²) >= 11 is 0. The lowest BCUT2D eigenvalue weighted by molar-refractivity contribution is -0.384. The SMILES string of the molecule is Cn1ccccc1=Nc1ccc([N+](=O)[O-])cc1. The summed E-state index contributed by atoms with van der Waals surface area (Å²) in [5.74, 6) is 0. The van der Waals surface area contributed by atoms with E-state index >= 15 is 0 Å². The lowest BCUT2D eigenvalue weighted by Gasteiger charge is -1.98. The van der Waals surface area contributed by atoms with E-state index in [1.54, 1.807) is 12.1 Å². The monoisotopic (exact) mass is 229 g/mol. The number of hydrogen-bond donors (Lipinski definition) is 0. The molecule has 1 heterocycles. The van der Waals surface area contributed by atoms with Crippen molar-refractivity contribution in [1.82, 2.24) is 4.57 Å². The molecule has 0 bridgehead atoms. The molecule has 0 atom stereocenters. The van der Waals surface area contributed by atoms with Crippen molar-refractivity contribution < 1.29 is 4.92 Å². The Morgan fingerprint density at radius 1 is 1.18 bits per heavy atom. The predicted octanol–water partition coefficient (Wildman–Crippen LogP) is 2.17. The number of hydrogen-bond acceptors (Lipinski definition) is 3. The fourth-order valence-electron chi connectivity index (χ4n) is 1.41. The van der Waals surface area contributed by atoms with Gasteiger partial charge in [0.05, 0.1) is 10.6 Å². The highest BCUT2D eigenvalue weighted by molar-refractivity contribution is 5.44. The largest absolute Gasteiger partial charge is 0.336 e. The molecule has 86 valence electrons. The van der Waals surface area contributed by atoms with Crippen LogP contribution in [-0.2, 0) is 7.05 Å². The van der Waals surface area contributed by atoms with Crippen LogP contribution in [0.25, 0.3) is 0 Å². The van der Waals surface area contributed by atoms with Gasteiger partial charge in [0.15, 0.2) is 0 Å². The van der Waals surface area contributed by atoms with E-state index in [1.807, 2.05) is 36.0 Å². The Kier molecular flexibility index (Phi) is 3.00. The van der Waals surface area contributed by atoms with E-state index in [-0.39, 0.29) is 5.69 Å². The molecule has 0 fully saturated rings. The van der Waals surface area contributed by atoms with E-state index in [4.69, 9.17) is 0 Å². The number of nitro groups is 1. The Morgan fingerprint density at radius 3 is 2.47 bits per heavy atom. The number of nitro benzene ring substituents is 1. The van der Waals surface area contributed by atoms with Gasteiger partial charge in [-0.3, -0.25) is 10.1 Å². The van der Waals surface area contributed by atoms with Gasteiger partial charge >= 0.3 is 0 Å². The molecule has 0 unspecified atom stereocenters. The van der Waals surface area contributed by atoms with Gasteiger partial charge in [-0.2, -0.15) is 0 Å². The summed E-state index contributed by atoms with van der Waals surface area (Å²) in [6, 6.07) is 11.8. The van der Waals surface area contributed by atoms with Gasteiger partial charge in [-0.1, -0.05) is 6.07 Å². The summed E-state index contributed by atoms with van der Waals surface area (Å²) < 4.78 is 1.88. The fourth-order valence-corrected chi connectivity index (χ4v) is 1.41. The molecule has 5 heteroatoms. The third-order valence-corrected chi connectivity index (χ3v) is 2.33. The van der Waals surface area contributed by atoms with Crippen molar-refractivity contribution in [3.8, 4) is 0 Å². The first-order valence-corrected chi connectivity index (χ1v) is 5.08. The van der Waals surface area contributed by atoms with Gasteiger partial charge in [-0.05, 0) is 24.3 Å². The Labute approximate surface area is 97.8 Å². The third kappa shape index (κ3) is 2.57. The van der Waals surface area contributed by atoms with Crippen molar-refractivity contribution in [2.24, 2.45) is 12.0 Å². The van der Waals surface area contributed by atoms with Crippen LogP contribution >= 0.6 is 0 Å². The first-order chi connectivity index (χ1) is 8.16. The third-order valence-electron chi connectivity index (χ3n) is 2.33. The molecule has 0 N–H and O–H groups in total. The number of benzene rings is 1. The van der Waals surface area contributed by atoms with Crippen LogP contribution in [-0.4, -0.2) is 9.49 Å². The molecular weight excluding hydrogens is 218 g/mol. The molecule has 0 saturated carbocycles. The lowest BCUT2D eigenvalue weighted by Crippen LogP contribution is -2.15. The average Bonchev–Trinajstić information content (AvgIpc) is 2.33. The molecule has 17 heavy (non-hydrogen) atoms. The smallest absolute Gasteiger partial charge is 0.269 e. The molecule has 0 aliphatic carbocycles. The number of pyridine rings is 1. The molecule has 1 aromatic heterocycles. The summed E-state index contributed by atoms with van der Waals surface area (Å²) in [7, 11) is 1.89. The van der Waals surface area contributed by atoms with Crippen LogP contribution in [0.2, 0.25) is 0 Å². The lowest BCUT2D eigenvalue weighted by atomic mass is 10.3. The second-order valence-electron chi connectivity index (χ2n) is 3.56. The van der Waals surface area contributed by atoms with Crippen molar-refractivity contribution in [2.75, 3.05) is 0 Å². The number of rotatable bonds is 2. The number of nitrogens with zero attached hydrogens (tertiary/aromatic N) is 3. The molecule has 0 saturated heterocycles. The van der Waals surface area contributed by atoms with E-state index in [0.29, 0.717) is 5.69 Å². The highest BCUT2D eigenvalue weighted by atomic mass is 16.6. The van der Waals surface area contributed by atoms with Gasteiger partial charge in [-0.25, -0.2) is 4.99 Å². The topological polar surface area (TPSA) is 60.4 Å². The minimum absolute atomic E-state index is 0.0707. The normalized spacial score (nSPS) is 11.5. The molecule has 5 nitrogen and oxygen atoms in total. The highest BCUT2D eigenvalue weighted by Gasteiger charge is 2.02. The molecule has 0 amide bonds. The summed E-state index contributed by atoms with van der Waals surface area (Å²) in [6.45, 7) is 0. The Balaban J connectivity index is 2.40. The zero-order valence-corrected chi connectivity index (χ0v) is 9.28. The van der Waals surface area contributed by atoms with Crippen LogP contribution in [0.1, 0.15) is 0 Å². The van der Waals surface area contributed by atoms with E-state index < -0.39 is 4.92 Å². The van der Waals surface area contributed by atoms with Crippen LogP contribution in [0.5, 0.6) is 0 Å². The minimum Gasteiger partial charge on any atom is -0.336 e. The van der Waals surface area contributed by atoms with Crippen molar-refractivity contribution in [3.63, 3.8) is 0 Å². The van der Waals surface area contributed by atoms with Crippen molar-refractivity contribution in [1.29, 1.82) is 0 Å². The second kappa shape index (κ2) is 4.61. The van der Waals surface area contributed by atoms with Gasteiger partial charge in [0.25, 0.3) is 5.69 Å². The van der Waals surface area contributed by atoms with Crippen molar-refractivity contribution in [3.05, 3.63) is 64.3 Å². The molecule has 0 spiro atoms. The van der Waals surface area contributed by atoms with E-state index in [1.165, 1.54) is 12.1 Å². The first kappa shape index (κ1) is 11.1. The molecule has 1 aromatic carbocycles. The Morgan fingerprint density at radius 2 is 1.88 bits per heavy atom. The van der Waals surface area contributed by atoms with Crippen molar-refractivity contribution >= 4 is 11.4 Å². The maximum absolute atomic E-state index is 10.5. The number of aromatic nitrogens is 1. The molecule has 2 aromatic rings. The molecule has 2 rings (SSSR count). The summed E-state index contributed by atoms with van der Waals surface area (Å²) in [4.78, 5) is 14.5. The van der Waals surface area contributed by atoms with Gasteiger partial charge < -0.3 is 4.57 Å². The van der Waals surface area contributed by atoms with E-state index in [0.717, 1.165) is 5.49 Å². The number of non-ortho nitro benzene ring substituents is 1.